The Bertz CT molecular complexity index is 1030. The fourth-order valence-electron chi connectivity index (χ4n) is 3.38. The normalized spacial score (nSPS) is 13.7. The largest absolute Gasteiger partial charge is 0.341 e. The number of halogens is 1. The first-order valence-corrected chi connectivity index (χ1v) is 9.96. The Hall–Kier alpha value is -3.55. The molecule has 0 bridgehead atoms. The second-order valence-corrected chi connectivity index (χ2v) is 7.29. The summed E-state index contributed by atoms with van der Waals surface area (Å²) in [4.78, 5) is 27.4. The van der Waals surface area contributed by atoms with E-state index in [4.69, 9.17) is 0 Å². The molecule has 1 fully saturated rings. The van der Waals surface area contributed by atoms with E-state index in [1.807, 2.05) is 25.1 Å². The topological polar surface area (TPSA) is 83.0 Å². The fourth-order valence-corrected chi connectivity index (χ4v) is 3.38. The molecule has 154 valence electrons. The number of hydrogen-bond donors (Lipinski definition) is 2. The van der Waals surface area contributed by atoms with E-state index in [1.54, 1.807) is 12.1 Å². The highest BCUT2D eigenvalue weighted by Gasteiger charge is 2.15. The van der Waals surface area contributed by atoms with Gasteiger partial charge < -0.3 is 15.5 Å². The molecular formula is C22H23FN6O. The van der Waals surface area contributed by atoms with Crippen LogP contribution in [0.5, 0.6) is 0 Å². The summed E-state index contributed by atoms with van der Waals surface area (Å²) in [6, 6.07) is 10.3. The minimum atomic E-state index is -0.550. The van der Waals surface area contributed by atoms with Crippen molar-refractivity contribution in [3.8, 4) is 0 Å². The van der Waals surface area contributed by atoms with Crippen LogP contribution in [-0.2, 0) is 0 Å². The molecule has 1 saturated heterocycles. The monoisotopic (exact) mass is 406 g/mol. The molecule has 30 heavy (non-hydrogen) atoms. The summed E-state index contributed by atoms with van der Waals surface area (Å²) in [5.74, 6) is 0.516. The smallest absolute Gasteiger partial charge is 0.257 e. The molecule has 0 atom stereocenters. The lowest BCUT2D eigenvalue weighted by Crippen LogP contribution is -2.31. The van der Waals surface area contributed by atoms with Gasteiger partial charge in [0.2, 0.25) is 5.95 Å². The molecule has 1 aliphatic rings. The third kappa shape index (κ3) is 4.89. The third-order valence-corrected chi connectivity index (χ3v) is 4.86. The summed E-state index contributed by atoms with van der Waals surface area (Å²) < 4.78 is 13.2. The number of piperidine rings is 1. The molecule has 0 unspecified atom stereocenters. The Balaban J connectivity index is 1.43. The maximum absolute atomic E-state index is 13.2. The lowest BCUT2D eigenvalue weighted by atomic mass is 10.1. The Morgan fingerprint density at radius 2 is 1.73 bits per heavy atom. The molecule has 0 aliphatic carbocycles. The van der Waals surface area contributed by atoms with Crippen molar-refractivity contribution in [2.45, 2.75) is 26.2 Å². The van der Waals surface area contributed by atoms with E-state index in [1.165, 1.54) is 25.5 Å². The zero-order valence-electron chi connectivity index (χ0n) is 16.7. The van der Waals surface area contributed by atoms with Crippen LogP contribution in [0.25, 0.3) is 0 Å². The van der Waals surface area contributed by atoms with Crippen molar-refractivity contribution in [2.75, 3.05) is 28.6 Å². The SMILES string of the molecule is Cc1cc(Nc2ccc(NC(=O)c3cncc(F)c3)cc2)nc(N2CCCCC2)n1. The predicted molar refractivity (Wildman–Crippen MR) is 115 cm³/mol. The average Bonchev–Trinajstić information content (AvgIpc) is 2.75. The van der Waals surface area contributed by atoms with Gasteiger partial charge in [-0.25, -0.2) is 9.37 Å². The molecule has 1 amide bonds. The first-order chi connectivity index (χ1) is 14.6. The number of hydrogen-bond acceptors (Lipinski definition) is 6. The first-order valence-electron chi connectivity index (χ1n) is 9.96. The van der Waals surface area contributed by atoms with Crippen molar-refractivity contribution >= 4 is 29.0 Å². The maximum Gasteiger partial charge on any atom is 0.257 e. The minimum absolute atomic E-state index is 0.166. The molecule has 0 radical (unpaired) electrons. The lowest BCUT2D eigenvalue weighted by Gasteiger charge is -2.27. The zero-order chi connectivity index (χ0) is 20.9. The van der Waals surface area contributed by atoms with Gasteiger partial charge in [0.1, 0.15) is 11.6 Å². The van der Waals surface area contributed by atoms with E-state index in [9.17, 15) is 9.18 Å². The Morgan fingerprint density at radius 1 is 1.00 bits per heavy atom. The molecule has 1 aromatic carbocycles. The number of carbonyl (C=O) groups is 1. The minimum Gasteiger partial charge on any atom is -0.341 e. The Kier molecular flexibility index (Phi) is 5.83. The van der Waals surface area contributed by atoms with Gasteiger partial charge in [-0.2, -0.15) is 4.98 Å². The van der Waals surface area contributed by atoms with Gasteiger partial charge in [-0.3, -0.25) is 9.78 Å². The molecule has 7 nitrogen and oxygen atoms in total. The van der Waals surface area contributed by atoms with Crippen LogP contribution < -0.4 is 15.5 Å². The summed E-state index contributed by atoms with van der Waals surface area (Å²) >= 11 is 0. The molecule has 2 aromatic heterocycles. The number of nitrogens with one attached hydrogen (secondary N) is 2. The zero-order valence-corrected chi connectivity index (χ0v) is 16.7. The van der Waals surface area contributed by atoms with Gasteiger partial charge in [-0.1, -0.05) is 0 Å². The molecule has 4 rings (SSSR count). The summed E-state index contributed by atoms with van der Waals surface area (Å²) in [5.41, 5.74) is 2.50. The quantitative estimate of drug-likeness (QED) is 0.657. The summed E-state index contributed by atoms with van der Waals surface area (Å²) in [5, 5.41) is 6.03. The Morgan fingerprint density at radius 3 is 2.47 bits per heavy atom. The van der Waals surface area contributed by atoms with Crippen molar-refractivity contribution in [2.24, 2.45) is 0 Å². The number of pyridine rings is 1. The van der Waals surface area contributed by atoms with Crippen molar-refractivity contribution in [3.63, 3.8) is 0 Å². The van der Waals surface area contributed by atoms with Gasteiger partial charge in [0, 0.05) is 42.4 Å². The van der Waals surface area contributed by atoms with Crippen LogP contribution in [0.4, 0.5) is 27.5 Å². The summed E-state index contributed by atoms with van der Waals surface area (Å²) in [6.07, 6.45) is 5.97. The van der Waals surface area contributed by atoms with E-state index in [0.29, 0.717) is 5.69 Å². The van der Waals surface area contributed by atoms with E-state index in [0.717, 1.165) is 48.5 Å². The number of aryl methyl sites for hydroxylation is 1. The number of nitrogens with zero attached hydrogens (tertiary/aromatic N) is 4. The van der Waals surface area contributed by atoms with E-state index < -0.39 is 11.7 Å². The molecule has 0 saturated carbocycles. The summed E-state index contributed by atoms with van der Waals surface area (Å²) in [7, 11) is 0. The Labute approximate surface area is 174 Å². The molecule has 8 heteroatoms. The van der Waals surface area contributed by atoms with Crippen molar-refractivity contribution in [1.29, 1.82) is 0 Å². The molecule has 3 heterocycles. The number of amides is 1. The van der Waals surface area contributed by atoms with Gasteiger partial charge in [-0.15, -0.1) is 0 Å². The molecule has 2 N–H and O–H groups in total. The van der Waals surface area contributed by atoms with Crippen LogP contribution in [0.3, 0.4) is 0 Å². The fraction of sp³-hybridized carbons (Fsp3) is 0.273. The average molecular weight is 406 g/mol. The highest BCUT2D eigenvalue weighted by molar-refractivity contribution is 6.04. The van der Waals surface area contributed by atoms with Gasteiger partial charge >= 0.3 is 0 Å². The third-order valence-electron chi connectivity index (χ3n) is 4.86. The van der Waals surface area contributed by atoms with Crippen molar-refractivity contribution < 1.29 is 9.18 Å². The molecular weight excluding hydrogens is 383 g/mol. The van der Waals surface area contributed by atoms with Crippen molar-refractivity contribution in [1.82, 2.24) is 15.0 Å². The van der Waals surface area contributed by atoms with Gasteiger partial charge in [-0.05, 0) is 56.5 Å². The van der Waals surface area contributed by atoms with Gasteiger partial charge in [0.15, 0.2) is 0 Å². The maximum atomic E-state index is 13.2. The first kappa shape index (κ1) is 19.8. The van der Waals surface area contributed by atoms with Crippen LogP contribution in [0.2, 0.25) is 0 Å². The van der Waals surface area contributed by atoms with Gasteiger partial charge in [0.05, 0.1) is 11.8 Å². The molecule has 3 aromatic rings. The number of benzene rings is 1. The number of aromatic nitrogens is 3. The van der Waals surface area contributed by atoms with Crippen LogP contribution >= 0.6 is 0 Å². The molecule has 1 aliphatic heterocycles. The highest BCUT2D eigenvalue weighted by Crippen LogP contribution is 2.22. The molecule has 0 spiro atoms. The number of carbonyl (C=O) groups excluding carboxylic acids is 1. The number of anilines is 4. The van der Waals surface area contributed by atoms with Crippen molar-refractivity contribution in [3.05, 3.63) is 65.9 Å². The standard InChI is InChI=1S/C22H23FN6O/c1-15-11-20(28-22(25-15)29-9-3-2-4-10-29)26-18-5-7-19(8-6-18)27-21(30)16-12-17(23)14-24-13-16/h5-8,11-14H,2-4,9-10H2,1H3,(H,27,30)(H,25,26,28). The second kappa shape index (κ2) is 8.86. The van der Waals surface area contributed by atoms with Crippen LogP contribution in [0, 0.1) is 12.7 Å². The van der Waals surface area contributed by atoms with E-state index >= 15 is 0 Å². The van der Waals surface area contributed by atoms with E-state index in [2.05, 4.69) is 30.5 Å². The van der Waals surface area contributed by atoms with Gasteiger partial charge in [0.25, 0.3) is 5.91 Å². The predicted octanol–water partition coefficient (Wildman–Crippen LogP) is 4.31. The highest BCUT2D eigenvalue weighted by atomic mass is 19.1. The van der Waals surface area contributed by atoms with Crippen LogP contribution in [-0.4, -0.2) is 33.9 Å². The lowest BCUT2D eigenvalue weighted by molar-refractivity contribution is 0.102. The second-order valence-electron chi connectivity index (χ2n) is 7.29. The van der Waals surface area contributed by atoms with Crippen LogP contribution in [0.1, 0.15) is 35.3 Å². The van der Waals surface area contributed by atoms with E-state index in [-0.39, 0.29) is 5.56 Å². The number of rotatable bonds is 5. The van der Waals surface area contributed by atoms with Crippen LogP contribution in [0.15, 0.2) is 48.8 Å². The summed E-state index contributed by atoms with van der Waals surface area (Å²) in [6.45, 7) is 3.93.